The second-order valence-corrected chi connectivity index (χ2v) is 8.97. The van der Waals surface area contributed by atoms with Crippen molar-refractivity contribution in [3.05, 3.63) is 59.7 Å². The van der Waals surface area contributed by atoms with Gasteiger partial charge in [-0.3, -0.25) is 9.59 Å². The number of hydrogen-bond acceptors (Lipinski definition) is 4. The maximum Gasteiger partial charge on any atom is 0.407 e. The summed E-state index contributed by atoms with van der Waals surface area (Å²) in [7, 11) is 0. The summed E-state index contributed by atoms with van der Waals surface area (Å²) in [5.41, 5.74) is 4.77. The molecule has 0 saturated carbocycles. The first kappa shape index (κ1) is 26.3. The summed E-state index contributed by atoms with van der Waals surface area (Å²) < 4.78 is 5.52. The highest BCUT2D eigenvalue weighted by molar-refractivity contribution is 5.79. The Labute approximate surface area is 207 Å². The van der Waals surface area contributed by atoms with Crippen LogP contribution in [0.25, 0.3) is 11.1 Å². The van der Waals surface area contributed by atoms with E-state index in [0.717, 1.165) is 25.7 Å². The number of rotatable bonds is 15. The topological polar surface area (TPSA) is 105 Å². The van der Waals surface area contributed by atoms with Gasteiger partial charge in [0.15, 0.2) is 0 Å². The van der Waals surface area contributed by atoms with Crippen LogP contribution in [0.5, 0.6) is 0 Å². The van der Waals surface area contributed by atoms with E-state index in [-0.39, 0.29) is 18.2 Å². The quantitative estimate of drug-likeness (QED) is 0.303. The van der Waals surface area contributed by atoms with Crippen LogP contribution in [0.3, 0.4) is 0 Å². The monoisotopic (exact) mass is 480 g/mol. The lowest BCUT2D eigenvalue weighted by molar-refractivity contribution is -0.137. The maximum absolute atomic E-state index is 12.2. The van der Waals surface area contributed by atoms with E-state index >= 15 is 0 Å². The van der Waals surface area contributed by atoms with E-state index in [1.165, 1.54) is 22.3 Å². The first-order valence-electron chi connectivity index (χ1n) is 12.6. The van der Waals surface area contributed by atoms with Crippen LogP contribution in [0, 0.1) is 0 Å². The van der Waals surface area contributed by atoms with Crippen molar-refractivity contribution in [1.82, 2.24) is 10.6 Å². The smallest absolute Gasteiger partial charge is 0.407 e. The lowest BCUT2D eigenvalue weighted by atomic mass is 9.98. The second kappa shape index (κ2) is 14.1. The zero-order chi connectivity index (χ0) is 24.9. The van der Waals surface area contributed by atoms with Gasteiger partial charge in [-0.1, -0.05) is 67.8 Å². The number of benzene rings is 2. The van der Waals surface area contributed by atoms with Gasteiger partial charge in [-0.15, -0.1) is 0 Å². The number of carbonyl (C=O) groups is 3. The molecule has 3 N–H and O–H groups in total. The van der Waals surface area contributed by atoms with Crippen LogP contribution in [-0.2, 0) is 14.3 Å². The molecule has 2 aromatic carbocycles. The number of alkyl carbamates (subject to hydrolysis) is 1. The third-order valence-corrected chi connectivity index (χ3v) is 6.33. The van der Waals surface area contributed by atoms with Crippen LogP contribution in [-0.4, -0.2) is 42.8 Å². The summed E-state index contributed by atoms with van der Waals surface area (Å²) in [4.78, 5) is 34.5. The number of carboxylic acid groups (broad SMARTS) is 1. The van der Waals surface area contributed by atoms with Crippen LogP contribution >= 0.6 is 0 Å². The first-order chi connectivity index (χ1) is 17.1. The molecule has 3 rings (SSSR count). The molecule has 2 amide bonds. The highest BCUT2D eigenvalue weighted by atomic mass is 16.5. The number of hydrogen-bond donors (Lipinski definition) is 3. The maximum atomic E-state index is 12.2. The summed E-state index contributed by atoms with van der Waals surface area (Å²) in [6.07, 6.45) is 6.16. The van der Waals surface area contributed by atoms with Crippen molar-refractivity contribution in [3.8, 4) is 11.1 Å². The largest absolute Gasteiger partial charge is 0.481 e. The van der Waals surface area contributed by atoms with Crippen molar-refractivity contribution >= 4 is 18.0 Å². The molecule has 35 heavy (non-hydrogen) atoms. The third-order valence-electron chi connectivity index (χ3n) is 6.33. The molecule has 0 unspecified atom stereocenters. The second-order valence-electron chi connectivity index (χ2n) is 8.97. The Balaban J connectivity index is 1.22. The van der Waals surface area contributed by atoms with Crippen molar-refractivity contribution < 1.29 is 24.2 Å². The van der Waals surface area contributed by atoms with Gasteiger partial charge in [0.2, 0.25) is 5.91 Å². The fourth-order valence-corrected chi connectivity index (χ4v) is 4.50. The molecule has 0 fully saturated rings. The minimum absolute atomic E-state index is 0.0250. The Hall–Kier alpha value is -3.35. The van der Waals surface area contributed by atoms with Gasteiger partial charge in [-0.25, -0.2) is 4.79 Å². The number of amides is 2. The molecule has 2 aromatic rings. The van der Waals surface area contributed by atoms with E-state index in [2.05, 4.69) is 34.9 Å². The molecule has 188 valence electrons. The fraction of sp³-hybridized carbons (Fsp3) is 0.464. The molecule has 0 bridgehead atoms. The highest BCUT2D eigenvalue weighted by Gasteiger charge is 2.28. The van der Waals surface area contributed by atoms with Crippen molar-refractivity contribution in [1.29, 1.82) is 0 Å². The Morgan fingerprint density at radius 2 is 1.26 bits per heavy atom. The molecule has 0 spiro atoms. The van der Waals surface area contributed by atoms with Crippen molar-refractivity contribution in [2.75, 3.05) is 19.7 Å². The predicted octanol–water partition coefficient (Wildman–Crippen LogP) is 5.24. The zero-order valence-electron chi connectivity index (χ0n) is 20.3. The van der Waals surface area contributed by atoms with Gasteiger partial charge in [-0.2, -0.15) is 0 Å². The summed E-state index contributed by atoms with van der Waals surface area (Å²) in [6.45, 7) is 1.41. The summed E-state index contributed by atoms with van der Waals surface area (Å²) in [6, 6.07) is 16.5. The molecule has 1 aliphatic rings. The van der Waals surface area contributed by atoms with E-state index in [0.29, 0.717) is 45.4 Å². The van der Waals surface area contributed by atoms with Crippen LogP contribution in [0.15, 0.2) is 48.5 Å². The Bertz CT molecular complexity index is 945. The molecular formula is C28H36N2O5. The number of fused-ring (bicyclic) bond motifs is 3. The Morgan fingerprint density at radius 1 is 0.714 bits per heavy atom. The minimum Gasteiger partial charge on any atom is -0.481 e. The first-order valence-corrected chi connectivity index (χ1v) is 12.6. The summed E-state index contributed by atoms with van der Waals surface area (Å²) in [5.74, 6) is -0.677. The van der Waals surface area contributed by atoms with Crippen molar-refractivity contribution in [3.63, 3.8) is 0 Å². The lowest BCUT2D eigenvalue weighted by Crippen LogP contribution is -2.27. The number of carboxylic acids is 1. The van der Waals surface area contributed by atoms with Crippen LogP contribution in [0.4, 0.5) is 4.79 Å². The molecule has 0 atom stereocenters. The molecule has 1 aliphatic carbocycles. The van der Waals surface area contributed by atoms with Crippen molar-refractivity contribution in [2.24, 2.45) is 0 Å². The zero-order valence-corrected chi connectivity index (χ0v) is 20.3. The van der Waals surface area contributed by atoms with E-state index in [9.17, 15) is 14.4 Å². The van der Waals surface area contributed by atoms with Crippen LogP contribution in [0.1, 0.15) is 74.8 Å². The molecular weight excluding hydrogens is 444 g/mol. The molecule has 0 aromatic heterocycles. The normalized spacial score (nSPS) is 12.0. The molecule has 7 heteroatoms. The molecule has 7 nitrogen and oxygen atoms in total. The Morgan fingerprint density at radius 3 is 1.94 bits per heavy atom. The summed E-state index contributed by atoms with van der Waals surface area (Å²) >= 11 is 0. The molecule has 0 radical (unpaired) electrons. The van der Waals surface area contributed by atoms with Gasteiger partial charge in [0.05, 0.1) is 0 Å². The number of nitrogens with one attached hydrogen (secondary N) is 2. The third kappa shape index (κ3) is 8.42. The molecule has 0 saturated heterocycles. The summed E-state index contributed by atoms with van der Waals surface area (Å²) in [5, 5.41) is 14.3. The number of ether oxygens (including phenoxy) is 1. The number of aliphatic carboxylic acids is 1. The lowest BCUT2D eigenvalue weighted by Gasteiger charge is -2.14. The number of unbranched alkanes of at least 4 members (excludes halogenated alkanes) is 5. The fourth-order valence-electron chi connectivity index (χ4n) is 4.50. The van der Waals surface area contributed by atoms with Crippen LogP contribution < -0.4 is 10.6 Å². The van der Waals surface area contributed by atoms with Gasteiger partial charge in [-0.05, 0) is 47.9 Å². The van der Waals surface area contributed by atoms with E-state index < -0.39 is 12.1 Å². The van der Waals surface area contributed by atoms with Crippen molar-refractivity contribution in [2.45, 2.75) is 63.7 Å². The standard InChI is InChI=1S/C28H36N2O5/c31-26(29-18-10-3-1-2-4-17-27(32)33)16-9-11-19-30-28(34)35-20-25-23-14-7-5-12-21(23)22-13-6-8-15-24(22)25/h5-8,12-15,25H,1-4,9-11,16-20H2,(H,29,31)(H,30,34)(H,32,33). The van der Waals surface area contributed by atoms with Gasteiger partial charge in [0, 0.05) is 31.8 Å². The van der Waals surface area contributed by atoms with Gasteiger partial charge >= 0.3 is 12.1 Å². The predicted molar refractivity (Wildman–Crippen MR) is 135 cm³/mol. The Kier molecular flexibility index (Phi) is 10.6. The average Bonchev–Trinajstić information content (AvgIpc) is 3.17. The SMILES string of the molecule is O=C(O)CCCCCCCNC(=O)CCCCNC(=O)OCC1c2ccccc2-c2ccccc21. The molecule has 0 aliphatic heterocycles. The van der Waals surface area contributed by atoms with E-state index in [1.807, 2.05) is 24.3 Å². The van der Waals surface area contributed by atoms with Gasteiger partial charge < -0.3 is 20.5 Å². The highest BCUT2D eigenvalue weighted by Crippen LogP contribution is 2.44. The van der Waals surface area contributed by atoms with E-state index in [1.54, 1.807) is 0 Å². The molecule has 0 heterocycles. The average molecular weight is 481 g/mol. The van der Waals surface area contributed by atoms with Gasteiger partial charge in [0.25, 0.3) is 0 Å². The minimum atomic E-state index is -0.745. The van der Waals surface area contributed by atoms with Crippen LogP contribution in [0.2, 0.25) is 0 Å². The van der Waals surface area contributed by atoms with Gasteiger partial charge in [0.1, 0.15) is 6.61 Å². The van der Waals surface area contributed by atoms with E-state index in [4.69, 9.17) is 9.84 Å². The number of carbonyl (C=O) groups excluding carboxylic acids is 2.